The first kappa shape index (κ1) is 16.2. The molecule has 2 N–H and O–H groups in total. The maximum absolute atomic E-state index is 12.2. The molecule has 3 atom stereocenters. The van der Waals surface area contributed by atoms with Gasteiger partial charge >= 0.3 is 0 Å². The highest BCUT2D eigenvalue weighted by Gasteiger charge is 2.46. The molecule has 120 valence electrons. The van der Waals surface area contributed by atoms with E-state index < -0.39 is 16.1 Å². The average Bonchev–Trinajstić information content (AvgIpc) is 2.73. The van der Waals surface area contributed by atoms with Crippen molar-refractivity contribution < 1.29 is 22.7 Å². The zero-order valence-electron chi connectivity index (χ0n) is 12.2. The lowest BCUT2D eigenvalue weighted by molar-refractivity contribution is -0.135. The van der Waals surface area contributed by atoms with Gasteiger partial charge in [-0.25, -0.2) is 13.1 Å². The highest BCUT2D eigenvalue weighted by molar-refractivity contribution is 7.88. The molecule has 0 saturated carbocycles. The molecule has 0 spiro atoms. The van der Waals surface area contributed by atoms with Crippen molar-refractivity contribution in [1.29, 1.82) is 0 Å². The molecular formula is C12H21N3O5S. The van der Waals surface area contributed by atoms with Crippen LogP contribution in [0.25, 0.3) is 0 Å². The zero-order valence-corrected chi connectivity index (χ0v) is 13.0. The molecule has 9 heteroatoms. The monoisotopic (exact) mass is 319 g/mol. The molecule has 2 aliphatic heterocycles. The number of likely N-dealkylation sites (tertiary alicyclic amines) is 1. The van der Waals surface area contributed by atoms with E-state index in [1.807, 2.05) is 0 Å². The number of hydrogen-bond acceptors (Lipinski definition) is 5. The van der Waals surface area contributed by atoms with Gasteiger partial charge in [-0.15, -0.1) is 0 Å². The summed E-state index contributed by atoms with van der Waals surface area (Å²) in [6.45, 7) is 2.10. The van der Waals surface area contributed by atoms with Crippen LogP contribution in [0.1, 0.15) is 19.8 Å². The molecule has 0 aromatic heterocycles. The summed E-state index contributed by atoms with van der Waals surface area (Å²) in [5.41, 5.74) is 0. The quantitative estimate of drug-likeness (QED) is 0.651. The molecule has 2 rings (SSSR count). The zero-order chi connectivity index (χ0) is 15.6. The molecule has 0 radical (unpaired) electrons. The Balaban J connectivity index is 2.08. The van der Waals surface area contributed by atoms with Gasteiger partial charge in [0.15, 0.2) is 0 Å². The Morgan fingerprint density at radius 2 is 2.10 bits per heavy atom. The van der Waals surface area contributed by atoms with Crippen molar-refractivity contribution in [1.82, 2.24) is 14.9 Å². The number of amides is 2. The Bertz CT molecular complexity index is 521. The molecule has 2 saturated heterocycles. The number of nitrogens with one attached hydrogen (secondary N) is 2. The number of carbonyl (C=O) groups excluding carboxylic acids is 2. The number of hydrogen-bond donors (Lipinski definition) is 2. The van der Waals surface area contributed by atoms with E-state index in [1.54, 1.807) is 4.90 Å². The van der Waals surface area contributed by atoms with Gasteiger partial charge in [0.25, 0.3) is 0 Å². The number of carbonyl (C=O) groups is 2. The molecular weight excluding hydrogens is 298 g/mol. The van der Waals surface area contributed by atoms with Crippen molar-refractivity contribution in [3.8, 4) is 0 Å². The average molecular weight is 319 g/mol. The molecule has 0 unspecified atom stereocenters. The third-order valence-electron chi connectivity index (χ3n) is 3.70. The minimum Gasteiger partial charge on any atom is -0.374 e. The standard InChI is InChI=1S/C12H21N3O5S/c1-8(16)13-6-11(17)15-7-9(14-21(2,18)19)12-10(15)4-3-5-20-12/h9-10,12,14H,3-7H2,1-2H3,(H,13,16)/t9-,10-,12-/m0/s1. The van der Waals surface area contributed by atoms with Crippen LogP contribution in [0.4, 0.5) is 0 Å². The Morgan fingerprint density at radius 1 is 1.38 bits per heavy atom. The van der Waals surface area contributed by atoms with E-state index in [0.29, 0.717) is 6.61 Å². The fraction of sp³-hybridized carbons (Fsp3) is 0.833. The molecule has 2 aliphatic rings. The normalized spacial score (nSPS) is 29.0. The summed E-state index contributed by atoms with van der Waals surface area (Å²) in [5, 5.41) is 2.47. The van der Waals surface area contributed by atoms with Gasteiger partial charge in [0.1, 0.15) is 0 Å². The first-order valence-corrected chi connectivity index (χ1v) is 8.80. The minimum atomic E-state index is -3.37. The van der Waals surface area contributed by atoms with Crippen LogP contribution < -0.4 is 10.0 Å². The largest absolute Gasteiger partial charge is 0.374 e. The number of rotatable bonds is 4. The van der Waals surface area contributed by atoms with E-state index in [4.69, 9.17) is 4.74 Å². The van der Waals surface area contributed by atoms with Gasteiger partial charge in [-0.2, -0.15) is 0 Å². The highest BCUT2D eigenvalue weighted by atomic mass is 32.2. The summed E-state index contributed by atoms with van der Waals surface area (Å²) in [7, 11) is -3.37. The smallest absolute Gasteiger partial charge is 0.242 e. The van der Waals surface area contributed by atoms with Crippen molar-refractivity contribution in [2.45, 2.75) is 38.0 Å². The molecule has 21 heavy (non-hydrogen) atoms. The second-order valence-corrected chi connectivity index (χ2v) is 7.28. The molecule has 2 fully saturated rings. The van der Waals surface area contributed by atoms with Crippen LogP contribution in [0.15, 0.2) is 0 Å². The van der Waals surface area contributed by atoms with Crippen LogP contribution in [-0.4, -0.2) is 69.3 Å². The Kier molecular flexibility index (Phi) is 4.84. The van der Waals surface area contributed by atoms with Crippen LogP contribution in [-0.2, 0) is 24.3 Å². The lowest BCUT2D eigenvalue weighted by Gasteiger charge is -2.32. The van der Waals surface area contributed by atoms with Gasteiger partial charge in [0, 0.05) is 20.1 Å². The highest BCUT2D eigenvalue weighted by Crippen LogP contribution is 2.29. The molecule has 0 bridgehead atoms. The van der Waals surface area contributed by atoms with E-state index in [9.17, 15) is 18.0 Å². The van der Waals surface area contributed by atoms with E-state index in [1.165, 1.54) is 6.92 Å². The Hall–Kier alpha value is -1.19. The van der Waals surface area contributed by atoms with Crippen LogP contribution >= 0.6 is 0 Å². The number of sulfonamides is 1. The summed E-state index contributed by atoms with van der Waals surface area (Å²) < 4.78 is 31.0. The Labute approximate surface area is 124 Å². The maximum atomic E-state index is 12.2. The summed E-state index contributed by atoms with van der Waals surface area (Å²) in [4.78, 5) is 24.7. The van der Waals surface area contributed by atoms with Gasteiger partial charge in [-0.1, -0.05) is 0 Å². The van der Waals surface area contributed by atoms with Crippen LogP contribution in [0, 0.1) is 0 Å². The van der Waals surface area contributed by atoms with Gasteiger partial charge in [0.05, 0.1) is 31.0 Å². The SMILES string of the molecule is CC(=O)NCC(=O)N1C[C@H](NS(C)(=O)=O)[C@@H]2OCCC[C@@H]21. The Morgan fingerprint density at radius 3 is 2.71 bits per heavy atom. The van der Waals surface area contributed by atoms with Crippen molar-refractivity contribution in [3.63, 3.8) is 0 Å². The summed E-state index contributed by atoms with van der Waals surface area (Å²) in [5.74, 6) is -0.492. The second-order valence-electron chi connectivity index (χ2n) is 5.50. The molecule has 2 amide bonds. The fourth-order valence-corrected chi connectivity index (χ4v) is 3.68. The second kappa shape index (κ2) is 6.29. The number of fused-ring (bicyclic) bond motifs is 1. The number of nitrogens with zero attached hydrogens (tertiary/aromatic N) is 1. The fourth-order valence-electron chi connectivity index (χ4n) is 2.92. The van der Waals surface area contributed by atoms with E-state index in [2.05, 4.69) is 10.0 Å². The molecule has 0 aromatic carbocycles. The summed E-state index contributed by atoms with van der Waals surface area (Å²) >= 11 is 0. The lowest BCUT2D eigenvalue weighted by atomic mass is 10.0. The van der Waals surface area contributed by atoms with E-state index >= 15 is 0 Å². The molecule has 8 nitrogen and oxygen atoms in total. The van der Waals surface area contributed by atoms with Crippen LogP contribution in [0.5, 0.6) is 0 Å². The van der Waals surface area contributed by atoms with Crippen molar-refractivity contribution in [2.24, 2.45) is 0 Å². The first-order chi connectivity index (χ1) is 9.78. The number of ether oxygens (including phenoxy) is 1. The van der Waals surface area contributed by atoms with Crippen LogP contribution in [0.3, 0.4) is 0 Å². The van der Waals surface area contributed by atoms with E-state index in [-0.39, 0.29) is 37.0 Å². The summed E-state index contributed by atoms with van der Waals surface area (Å²) in [6.07, 6.45) is 2.37. The summed E-state index contributed by atoms with van der Waals surface area (Å²) in [6, 6.07) is -0.578. The van der Waals surface area contributed by atoms with E-state index in [0.717, 1.165) is 19.1 Å². The molecule has 2 heterocycles. The molecule has 0 aliphatic carbocycles. The van der Waals surface area contributed by atoms with Crippen LogP contribution in [0.2, 0.25) is 0 Å². The predicted molar refractivity (Wildman–Crippen MR) is 74.9 cm³/mol. The van der Waals surface area contributed by atoms with Gasteiger partial charge in [-0.3, -0.25) is 9.59 Å². The van der Waals surface area contributed by atoms with Crippen molar-refractivity contribution in [2.75, 3.05) is 26.0 Å². The first-order valence-electron chi connectivity index (χ1n) is 6.91. The third-order valence-corrected chi connectivity index (χ3v) is 4.43. The van der Waals surface area contributed by atoms with Crippen molar-refractivity contribution >= 4 is 21.8 Å². The predicted octanol–water partition coefficient (Wildman–Crippen LogP) is -1.57. The van der Waals surface area contributed by atoms with Gasteiger partial charge in [0.2, 0.25) is 21.8 Å². The molecule has 0 aromatic rings. The maximum Gasteiger partial charge on any atom is 0.242 e. The topological polar surface area (TPSA) is 105 Å². The van der Waals surface area contributed by atoms with Gasteiger partial charge in [-0.05, 0) is 12.8 Å². The van der Waals surface area contributed by atoms with Gasteiger partial charge < -0.3 is 15.0 Å². The van der Waals surface area contributed by atoms with Crippen molar-refractivity contribution in [3.05, 3.63) is 0 Å². The lowest BCUT2D eigenvalue weighted by Crippen LogP contribution is -2.48. The third kappa shape index (κ3) is 4.14. The minimum absolute atomic E-state index is 0.0792.